The van der Waals surface area contributed by atoms with Crippen molar-refractivity contribution in [3.8, 4) is 0 Å². The highest BCUT2D eigenvalue weighted by Crippen LogP contribution is 2.16. The van der Waals surface area contributed by atoms with Crippen LogP contribution in [-0.2, 0) is 11.2 Å². The van der Waals surface area contributed by atoms with Gasteiger partial charge < -0.3 is 5.32 Å². The molecule has 0 spiro atoms. The van der Waals surface area contributed by atoms with Gasteiger partial charge in [0.25, 0.3) is 0 Å². The summed E-state index contributed by atoms with van der Waals surface area (Å²) in [6.07, 6.45) is 0.462. The van der Waals surface area contributed by atoms with Crippen molar-refractivity contribution in [1.29, 1.82) is 0 Å². The molecule has 0 aliphatic carbocycles. The average molecular weight is 299 g/mol. The number of benzene rings is 2. The van der Waals surface area contributed by atoms with Crippen molar-refractivity contribution < 1.29 is 4.79 Å². The molecule has 2 aromatic carbocycles. The van der Waals surface area contributed by atoms with E-state index in [0.717, 1.165) is 11.3 Å². The van der Waals surface area contributed by atoms with E-state index in [9.17, 15) is 4.79 Å². The van der Waals surface area contributed by atoms with Crippen LogP contribution in [0.4, 0.5) is 0 Å². The van der Waals surface area contributed by atoms with Crippen molar-refractivity contribution in [3.63, 3.8) is 0 Å². The van der Waals surface area contributed by atoms with E-state index >= 15 is 0 Å². The Bertz CT molecular complexity index is 595. The number of thioether (sulfide) groups is 1. The van der Waals surface area contributed by atoms with Gasteiger partial charge in [-0.15, -0.1) is 11.8 Å². The number of aryl methyl sites for hydroxylation is 2. The second-order valence-corrected chi connectivity index (χ2v) is 6.29. The molecule has 1 N–H and O–H groups in total. The van der Waals surface area contributed by atoms with Crippen molar-refractivity contribution in [2.45, 2.75) is 25.2 Å². The molecule has 0 heterocycles. The Balaban J connectivity index is 1.74. The molecule has 0 saturated heterocycles. The summed E-state index contributed by atoms with van der Waals surface area (Å²) < 4.78 is 0. The minimum absolute atomic E-state index is 0.0948. The molecule has 0 aromatic heterocycles. The average Bonchev–Trinajstić information content (AvgIpc) is 2.48. The first-order chi connectivity index (χ1) is 10.1. The Hall–Kier alpha value is -1.74. The van der Waals surface area contributed by atoms with Crippen LogP contribution in [0, 0.1) is 13.8 Å². The molecular weight excluding hydrogens is 278 g/mol. The van der Waals surface area contributed by atoms with E-state index in [1.165, 1.54) is 16.0 Å². The van der Waals surface area contributed by atoms with E-state index in [-0.39, 0.29) is 5.91 Å². The second-order valence-electron chi connectivity index (χ2n) is 5.12. The zero-order valence-corrected chi connectivity index (χ0v) is 13.4. The van der Waals surface area contributed by atoms with Crippen LogP contribution >= 0.6 is 11.8 Å². The van der Waals surface area contributed by atoms with Crippen LogP contribution < -0.4 is 5.32 Å². The number of nitrogens with one attached hydrogen (secondary N) is 1. The standard InChI is InChI=1S/C18H21NOS/c1-14-8-9-15(2)16(12-14)13-18(20)19-10-11-21-17-6-4-3-5-7-17/h3-9,12H,10-11,13H2,1-2H3,(H,19,20). The maximum absolute atomic E-state index is 12.0. The predicted molar refractivity (Wildman–Crippen MR) is 89.8 cm³/mol. The third-order valence-electron chi connectivity index (χ3n) is 3.29. The fourth-order valence-electron chi connectivity index (χ4n) is 2.10. The van der Waals surface area contributed by atoms with Gasteiger partial charge in [0, 0.05) is 17.2 Å². The maximum atomic E-state index is 12.0. The van der Waals surface area contributed by atoms with E-state index in [4.69, 9.17) is 0 Å². The smallest absolute Gasteiger partial charge is 0.224 e. The van der Waals surface area contributed by atoms with Gasteiger partial charge in [-0.25, -0.2) is 0 Å². The molecule has 2 aromatic rings. The maximum Gasteiger partial charge on any atom is 0.224 e. The molecule has 2 rings (SSSR count). The first-order valence-electron chi connectivity index (χ1n) is 7.16. The van der Waals surface area contributed by atoms with Gasteiger partial charge in [0.05, 0.1) is 6.42 Å². The van der Waals surface area contributed by atoms with E-state index in [0.29, 0.717) is 13.0 Å². The van der Waals surface area contributed by atoms with Crippen molar-refractivity contribution in [1.82, 2.24) is 5.32 Å². The molecular formula is C18H21NOS. The zero-order chi connectivity index (χ0) is 15.1. The highest BCUT2D eigenvalue weighted by Gasteiger charge is 2.05. The van der Waals surface area contributed by atoms with E-state index in [2.05, 4.69) is 42.6 Å². The summed E-state index contributed by atoms with van der Waals surface area (Å²) >= 11 is 1.76. The molecule has 0 atom stereocenters. The van der Waals surface area contributed by atoms with Crippen LogP contribution in [0.1, 0.15) is 16.7 Å². The molecule has 1 amide bonds. The zero-order valence-electron chi connectivity index (χ0n) is 12.6. The van der Waals surface area contributed by atoms with Crippen LogP contribution in [0.2, 0.25) is 0 Å². The number of hydrogen-bond donors (Lipinski definition) is 1. The highest BCUT2D eigenvalue weighted by atomic mass is 32.2. The Morgan fingerprint density at radius 1 is 1.10 bits per heavy atom. The molecule has 21 heavy (non-hydrogen) atoms. The molecule has 0 unspecified atom stereocenters. The Labute approximate surface area is 131 Å². The lowest BCUT2D eigenvalue weighted by atomic mass is 10.0. The minimum atomic E-state index is 0.0948. The largest absolute Gasteiger partial charge is 0.355 e. The number of amides is 1. The first-order valence-corrected chi connectivity index (χ1v) is 8.14. The van der Waals surface area contributed by atoms with Crippen molar-refractivity contribution in [2.75, 3.05) is 12.3 Å². The lowest BCUT2D eigenvalue weighted by Crippen LogP contribution is -2.27. The summed E-state index contributed by atoms with van der Waals surface area (Å²) in [5.41, 5.74) is 3.49. The molecule has 0 aliphatic rings. The van der Waals surface area contributed by atoms with Gasteiger partial charge in [0.2, 0.25) is 5.91 Å². The summed E-state index contributed by atoms with van der Waals surface area (Å²) in [7, 11) is 0. The first kappa shape index (κ1) is 15.6. The molecule has 0 aliphatic heterocycles. The van der Waals surface area contributed by atoms with Gasteiger partial charge in [-0.05, 0) is 37.1 Å². The normalized spacial score (nSPS) is 10.4. The van der Waals surface area contributed by atoms with Gasteiger partial charge in [-0.2, -0.15) is 0 Å². The molecule has 0 saturated carbocycles. The second kappa shape index (κ2) is 7.89. The Kier molecular flexibility index (Phi) is 5.88. The highest BCUT2D eigenvalue weighted by molar-refractivity contribution is 7.99. The van der Waals surface area contributed by atoms with Crippen LogP contribution in [0.15, 0.2) is 53.4 Å². The lowest BCUT2D eigenvalue weighted by molar-refractivity contribution is -0.120. The van der Waals surface area contributed by atoms with Gasteiger partial charge in [0.15, 0.2) is 0 Å². The predicted octanol–water partition coefficient (Wildman–Crippen LogP) is 3.75. The van der Waals surface area contributed by atoms with E-state index < -0.39 is 0 Å². The van der Waals surface area contributed by atoms with Gasteiger partial charge in [-0.3, -0.25) is 4.79 Å². The van der Waals surface area contributed by atoms with Crippen LogP contribution in [0.5, 0.6) is 0 Å². The monoisotopic (exact) mass is 299 g/mol. The summed E-state index contributed by atoms with van der Waals surface area (Å²) in [4.78, 5) is 13.2. The SMILES string of the molecule is Cc1ccc(C)c(CC(=O)NCCSc2ccccc2)c1. The van der Waals surface area contributed by atoms with Gasteiger partial charge >= 0.3 is 0 Å². The van der Waals surface area contributed by atoms with Crippen molar-refractivity contribution in [3.05, 3.63) is 65.2 Å². The van der Waals surface area contributed by atoms with Gasteiger partial charge in [0.1, 0.15) is 0 Å². The molecule has 110 valence electrons. The third kappa shape index (κ3) is 5.27. The van der Waals surface area contributed by atoms with Crippen LogP contribution in [0.3, 0.4) is 0 Å². The fourth-order valence-corrected chi connectivity index (χ4v) is 2.89. The number of carbonyl (C=O) groups excluding carboxylic acids is 1. The summed E-state index contributed by atoms with van der Waals surface area (Å²) in [5, 5.41) is 2.99. The van der Waals surface area contributed by atoms with Crippen molar-refractivity contribution >= 4 is 17.7 Å². The van der Waals surface area contributed by atoms with Crippen molar-refractivity contribution in [2.24, 2.45) is 0 Å². The fraction of sp³-hybridized carbons (Fsp3) is 0.278. The third-order valence-corrected chi connectivity index (χ3v) is 4.31. The Morgan fingerprint density at radius 2 is 1.86 bits per heavy atom. The van der Waals surface area contributed by atoms with E-state index in [1.807, 2.05) is 25.1 Å². The molecule has 0 fully saturated rings. The molecule has 2 nitrogen and oxygen atoms in total. The molecule has 0 radical (unpaired) electrons. The summed E-state index contributed by atoms with van der Waals surface area (Å²) in [6, 6.07) is 16.5. The minimum Gasteiger partial charge on any atom is -0.355 e. The molecule has 0 bridgehead atoms. The van der Waals surface area contributed by atoms with E-state index in [1.54, 1.807) is 11.8 Å². The molecule has 3 heteroatoms. The summed E-state index contributed by atoms with van der Waals surface area (Å²) in [5.74, 6) is 0.986. The number of rotatable bonds is 6. The van der Waals surface area contributed by atoms with Crippen LogP contribution in [-0.4, -0.2) is 18.2 Å². The van der Waals surface area contributed by atoms with Gasteiger partial charge in [-0.1, -0.05) is 42.0 Å². The number of hydrogen-bond acceptors (Lipinski definition) is 2. The summed E-state index contributed by atoms with van der Waals surface area (Å²) in [6.45, 7) is 4.80. The Morgan fingerprint density at radius 3 is 2.62 bits per heavy atom. The number of carbonyl (C=O) groups is 1. The van der Waals surface area contributed by atoms with Crippen LogP contribution in [0.25, 0.3) is 0 Å². The topological polar surface area (TPSA) is 29.1 Å². The lowest BCUT2D eigenvalue weighted by Gasteiger charge is -2.08. The quantitative estimate of drug-likeness (QED) is 0.650.